The zero-order valence-electron chi connectivity index (χ0n) is 11.2. The quantitative estimate of drug-likeness (QED) is 0.659. The number of halogens is 1. The number of carboxylic acid groups (broad SMARTS) is 1. The first-order chi connectivity index (χ1) is 9.72. The Balaban J connectivity index is 2.49. The van der Waals surface area contributed by atoms with Crippen LogP contribution in [0.15, 0.2) is 29.2 Å². The molecule has 0 bridgehead atoms. The van der Waals surface area contributed by atoms with Crippen molar-refractivity contribution in [3.8, 4) is 0 Å². The maximum absolute atomic E-state index is 12.7. The second kappa shape index (κ2) is 7.14. The third kappa shape index (κ3) is 5.48. The second-order valence-corrected chi connectivity index (χ2v) is 6.00. The van der Waals surface area contributed by atoms with Gasteiger partial charge >= 0.3 is 5.97 Å². The van der Waals surface area contributed by atoms with E-state index in [1.165, 1.54) is 6.92 Å². The van der Waals surface area contributed by atoms with Crippen LogP contribution in [0.25, 0.3) is 0 Å². The number of sulfonamides is 1. The van der Waals surface area contributed by atoms with Gasteiger partial charge in [-0.05, 0) is 31.2 Å². The summed E-state index contributed by atoms with van der Waals surface area (Å²) in [6, 6.07) is 3.17. The highest BCUT2D eigenvalue weighted by atomic mass is 32.2. The third-order valence-corrected chi connectivity index (χ3v) is 3.99. The van der Waals surface area contributed by atoms with E-state index in [1.807, 2.05) is 0 Å². The molecule has 0 unspecified atom stereocenters. The molecule has 0 saturated carbocycles. The largest absolute Gasteiger partial charge is 0.480 e. The van der Waals surface area contributed by atoms with E-state index in [1.54, 1.807) is 0 Å². The lowest BCUT2D eigenvalue weighted by Crippen LogP contribution is -2.39. The number of hydrogen-bond acceptors (Lipinski definition) is 4. The summed E-state index contributed by atoms with van der Waals surface area (Å²) >= 11 is 0. The van der Waals surface area contributed by atoms with E-state index in [4.69, 9.17) is 5.11 Å². The molecule has 0 aliphatic carbocycles. The van der Waals surface area contributed by atoms with Crippen molar-refractivity contribution in [3.63, 3.8) is 0 Å². The summed E-state index contributed by atoms with van der Waals surface area (Å²) in [4.78, 5) is 21.8. The summed E-state index contributed by atoms with van der Waals surface area (Å²) in [6.45, 7) is 1.10. The molecule has 9 heteroatoms. The van der Waals surface area contributed by atoms with Crippen LogP contribution in [0.3, 0.4) is 0 Å². The number of hydrogen-bond donors (Lipinski definition) is 3. The summed E-state index contributed by atoms with van der Waals surface area (Å²) in [5.74, 6) is -2.34. The van der Waals surface area contributed by atoms with Crippen molar-refractivity contribution in [1.29, 1.82) is 0 Å². The van der Waals surface area contributed by atoms with Crippen molar-refractivity contribution in [3.05, 3.63) is 30.1 Å². The minimum Gasteiger partial charge on any atom is -0.480 e. The van der Waals surface area contributed by atoms with Gasteiger partial charge in [0, 0.05) is 13.0 Å². The van der Waals surface area contributed by atoms with Gasteiger partial charge in [0.1, 0.15) is 11.9 Å². The van der Waals surface area contributed by atoms with Gasteiger partial charge in [-0.3, -0.25) is 9.59 Å². The molecular weight excluding hydrogens is 303 g/mol. The van der Waals surface area contributed by atoms with Crippen LogP contribution < -0.4 is 10.0 Å². The molecule has 0 aliphatic rings. The first kappa shape index (κ1) is 17.1. The molecule has 0 spiro atoms. The summed E-state index contributed by atoms with van der Waals surface area (Å²) in [5.41, 5.74) is 0. The molecule has 0 heterocycles. The Labute approximate surface area is 121 Å². The van der Waals surface area contributed by atoms with Gasteiger partial charge < -0.3 is 10.4 Å². The van der Waals surface area contributed by atoms with Gasteiger partial charge in [0.25, 0.3) is 0 Å². The molecule has 116 valence electrons. The van der Waals surface area contributed by atoms with Crippen LogP contribution in [0.2, 0.25) is 0 Å². The lowest BCUT2D eigenvalue weighted by molar-refractivity contribution is -0.141. The molecule has 1 aromatic rings. The zero-order chi connectivity index (χ0) is 16.0. The number of carboxylic acids is 1. The van der Waals surface area contributed by atoms with Crippen LogP contribution in [-0.4, -0.2) is 38.0 Å². The average molecular weight is 318 g/mol. The highest BCUT2D eigenvalue weighted by Gasteiger charge is 2.16. The Morgan fingerprint density at radius 2 is 1.86 bits per heavy atom. The summed E-state index contributed by atoms with van der Waals surface area (Å²) < 4.78 is 38.5. The lowest BCUT2D eigenvalue weighted by Gasteiger charge is -2.10. The predicted molar refractivity (Wildman–Crippen MR) is 71.4 cm³/mol. The van der Waals surface area contributed by atoms with Crippen molar-refractivity contribution in [2.45, 2.75) is 24.3 Å². The molecule has 0 radical (unpaired) electrons. The van der Waals surface area contributed by atoms with Gasteiger partial charge in [-0.1, -0.05) is 0 Å². The maximum atomic E-state index is 12.7. The van der Waals surface area contributed by atoms with E-state index < -0.39 is 33.8 Å². The monoisotopic (exact) mass is 318 g/mol. The summed E-state index contributed by atoms with van der Waals surface area (Å²) in [5, 5.41) is 10.8. The summed E-state index contributed by atoms with van der Waals surface area (Å²) in [6.07, 6.45) is -0.210. The van der Waals surface area contributed by atoms with E-state index in [2.05, 4.69) is 10.0 Å². The maximum Gasteiger partial charge on any atom is 0.325 e. The Bertz CT molecular complexity index is 615. The summed E-state index contributed by atoms with van der Waals surface area (Å²) in [7, 11) is -3.83. The number of carbonyl (C=O) groups is 2. The molecule has 1 aromatic carbocycles. The van der Waals surface area contributed by atoms with Crippen LogP contribution >= 0.6 is 0 Å². The van der Waals surface area contributed by atoms with Gasteiger partial charge in [0.05, 0.1) is 4.90 Å². The highest BCUT2D eigenvalue weighted by molar-refractivity contribution is 7.89. The van der Waals surface area contributed by atoms with Crippen molar-refractivity contribution in [1.82, 2.24) is 10.0 Å². The van der Waals surface area contributed by atoms with Gasteiger partial charge in [-0.2, -0.15) is 0 Å². The predicted octanol–water partition coefficient (Wildman–Crippen LogP) is 0.0834. The first-order valence-electron chi connectivity index (χ1n) is 6.00. The number of nitrogens with one attached hydrogen (secondary N) is 2. The zero-order valence-corrected chi connectivity index (χ0v) is 12.0. The van der Waals surface area contributed by atoms with E-state index in [-0.39, 0.29) is 17.9 Å². The Morgan fingerprint density at radius 1 is 1.29 bits per heavy atom. The second-order valence-electron chi connectivity index (χ2n) is 4.23. The van der Waals surface area contributed by atoms with Crippen molar-refractivity contribution >= 4 is 21.9 Å². The molecule has 0 fully saturated rings. The molecule has 1 atom stereocenters. The number of amides is 1. The van der Waals surface area contributed by atoms with Crippen LogP contribution in [0.4, 0.5) is 4.39 Å². The molecule has 0 aliphatic heterocycles. The van der Waals surface area contributed by atoms with Crippen molar-refractivity contribution in [2.75, 3.05) is 6.54 Å². The number of rotatable bonds is 7. The van der Waals surface area contributed by atoms with Crippen LogP contribution in [0, 0.1) is 5.82 Å². The molecule has 7 nitrogen and oxygen atoms in total. The van der Waals surface area contributed by atoms with Crippen LogP contribution in [0.1, 0.15) is 13.3 Å². The normalized spacial score (nSPS) is 12.7. The molecule has 1 rings (SSSR count). The SMILES string of the molecule is C[C@@H](NC(=O)CCNS(=O)(=O)c1ccc(F)cc1)C(=O)O. The van der Waals surface area contributed by atoms with Crippen LogP contribution in [0.5, 0.6) is 0 Å². The van der Waals surface area contributed by atoms with Gasteiger partial charge in [0.2, 0.25) is 15.9 Å². The smallest absolute Gasteiger partial charge is 0.325 e. The molecule has 0 saturated heterocycles. The van der Waals surface area contributed by atoms with Gasteiger partial charge in [0.15, 0.2) is 0 Å². The van der Waals surface area contributed by atoms with E-state index >= 15 is 0 Å². The third-order valence-electron chi connectivity index (χ3n) is 2.52. The Hall–Kier alpha value is -2.00. The fourth-order valence-electron chi connectivity index (χ4n) is 1.37. The fraction of sp³-hybridized carbons (Fsp3) is 0.333. The molecule has 21 heavy (non-hydrogen) atoms. The first-order valence-corrected chi connectivity index (χ1v) is 7.48. The lowest BCUT2D eigenvalue weighted by atomic mass is 10.3. The van der Waals surface area contributed by atoms with Crippen molar-refractivity contribution in [2.24, 2.45) is 0 Å². The Kier molecular flexibility index (Phi) is 5.79. The number of carbonyl (C=O) groups excluding carboxylic acids is 1. The number of aliphatic carboxylic acids is 1. The number of benzene rings is 1. The molecule has 0 aromatic heterocycles. The van der Waals surface area contributed by atoms with E-state index in [0.717, 1.165) is 24.3 Å². The van der Waals surface area contributed by atoms with Gasteiger partial charge in [-0.25, -0.2) is 17.5 Å². The van der Waals surface area contributed by atoms with Gasteiger partial charge in [-0.15, -0.1) is 0 Å². The van der Waals surface area contributed by atoms with Crippen molar-refractivity contribution < 1.29 is 27.5 Å². The molecule has 3 N–H and O–H groups in total. The molecule has 1 amide bonds. The topological polar surface area (TPSA) is 113 Å². The fourth-order valence-corrected chi connectivity index (χ4v) is 2.40. The van der Waals surface area contributed by atoms with Crippen LogP contribution in [-0.2, 0) is 19.6 Å². The van der Waals surface area contributed by atoms with E-state index in [9.17, 15) is 22.4 Å². The Morgan fingerprint density at radius 3 is 2.38 bits per heavy atom. The standard InChI is InChI=1S/C12H15FN2O5S/c1-8(12(17)18)15-11(16)6-7-14-21(19,20)10-4-2-9(13)3-5-10/h2-5,8,14H,6-7H2,1H3,(H,15,16)(H,17,18)/t8-/m1/s1. The molecular formula is C12H15FN2O5S. The average Bonchev–Trinajstić information content (AvgIpc) is 2.38. The highest BCUT2D eigenvalue weighted by Crippen LogP contribution is 2.09. The minimum absolute atomic E-state index is 0.122. The van der Waals surface area contributed by atoms with E-state index in [0.29, 0.717) is 0 Å². The minimum atomic E-state index is -3.83.